The Hall–Kier alpha value is -3.48. The number of phenolic OH excluding ortho intramolecular Hbond substituents is 1. The van der Waals surface area contributed by atoms with Gasteiger partial charge in [-0.3, -0.25) is 29.8 Å². The third-order valence-electron chi connectivity index (χ3n) is 7.60. The second-order valence-electron chi connectivity index (χ2n) is 8.95. The summed E-state index contributed by atoms with van der Waals surface area (Å²) in [6, 6.07) is 10.9. The van der Waals surface area contributed by atoms with Gasteiger partial charge in [0.25, 0.3) is 0 Å². The van der Waals surface area contributed by atoms with Crippen molar-refractivity contribution in [3.8, 4) is 5.75 Å². The molecule has 0 radical (unpaired) electrons. The van der Waals surface area contributed by atoms with E-state index in [1.807, 2.05) is 36.4 Å². The number of imide groups is 2. The minimum absolute atomic E-state index is 0.147. The van der Waals surface area contributed by atoms with E-state index in [9.17, 15) is 24.3 Å². The van der Waals surface area contributed by atoms with Crippen LogP contribution in [0.25, 0.3) is 10.8 Å². The van der Waals surface area contributed by atoms with Crippen molar-refractivity contribution >= 4 is 34.4 Å². The fourth-order valence-corrected chi connectivity index (χ4v) is 6.33. The topological polar surface area (TPSA) is 113 Å². The summed E-state index contributed by atoms with van der Waals surface area (Å²) in [6.07, 6.45) is 2.82. The minimum atomic E-state index is -0.570. The minimum Gasteiger partial charge on any atom is -0.507 e. The predicted molar refractivity (Wildman–Crippen MR) is 109 cm³/mol. The summed E-state index contributed by atoms with van der Waals surface area (Å²) in [7, 11) is 0. The lowest BCUT2D eigenvalue weighted by molar-refractivity contribution is -0.128. The van der Waals surface area contributed by atoms with Crippen LogP contribution in [0.15, 0.2) is 48.0 Å². The summed E-state index contributed by atoms with van der Waals surface area (Å²) in [5, 5.41) is 16.8. The molecular formula is C24H20N2O5. The normalized spacial score (nSPS) is 34.0. The van der Waals surface area contributed by atoms with Gasteiger partial charge in [0.15, 0.2) is 0 Å². The van der Waals surface area contributed by atoms with Gasteiger partial charge in [-0.05, 0) is 35.8 Å². The first-order valence-electron chi connectivity index (χ1n) is 10.6. The molecule has 31 heavy (non-hydrogen) atoms. The zero-order valence-corrected chi connectivity index (χ0v) is 16.5. The third kappa shape index (κ3) is 2.40. The molecule has 156 valence electrons. The molecule has 2 saturated heterocycles. The largest absolute Gasteiger partial charge is 0.507 e. The Morgan fingerprint density at radius 2 is 1.42 bits per heavy atom. The fourth-order valence-electron chi connectivity index (χ4n) is 6.33. The molecule has 7 heteroatoms. The molecule has 2 aromatic rings. The number of rotatable bonds is 1. The molecule has 7 nitrogen and oxygen atoms in total. The molecule has 0 unspecified atom stereocenters. The summed E-state index contributed by atoms with van der Waals surface area (Å²) >= 11 is 0. The maximum absolute atomic E-state index is 12.9. The zero-order valence-electron chi connectivity index (χ0n) is 16.5. The number of nitrogens with one attached hydrogen (secondary N) is 2. The predicted octanol–water partition coefficient (Wildman–Crippen LogP) is 1.76. The van der Waals surface area contributed by atoms with Crippen molar-refractivity contribution in [3.05, 3.63) is 53.6 Å². The summed E-state index contributed by atoms with van der Waals surface area (Å²) in [5.41, 5.74) is 1.81. The molecule has 2 heterocycles. The van der Waals surface area contributed by atoms with Crippen LogP contribution in [0, 0.1) is 29.6 Å². The molecule has 2 aliphatic carbocycles. The lowest BCUT2D eigenvalue weighted by Gasteiger charge is -2.44. The Bertz CT molecular complexity index is 1230. The molecule has 6 rings (SSSR count). The number of hydrogen-bond acceptors (Lipinski definition) is 5. The second-order valence-corrected chi connectivity index (χ2v) is 8.95. The van der Waals surface area contributed by atoms with Gasteiger partial charge in [-0.2, -0.15) is 0 Å². The van der Waals surface area contributed by atoms with E-state index < -0.39 is 29.6 Å². The molecule has 1 saturated carbocycles. The number of hydrogen-bond donors (Lipinski definition) is 3. The number of amides is 4. The smallest absolute Gasteiger partial charge is 0.231 e. The van der Waals surface area contributed by atoms with Gasteiger partial charge in [0.05, 0.1) is 23.7 Å². The Kier molecular flexibility index (Phi) is 3.70. The van der Waals surface area contributed by atoms with Crippen LogP contribution in [0.4, 0.5) is 0 Å². The van der Waals surface area contributed by atoms with Crippen LogP contribution in [0.2, 0.25) is 0 Å². The van der Waals surface area contributed by atoms with Crippen molar-refractivity contribution in [1.29, 1.82) is 0 Å². The van der Waals surface area contributed by atoms with Gasteiger partial charge in [0.2, 0.25) is 23.6 Å². The molecule has 0 aromatic heterocycles. The highest BCUT2D eigenvalue weighted by Crippen LogP contribution is 2.56. The van der Waals surface area contributed by atoms with E-state index in [1.54, 1.807) is 6.07 Å². The quantitative estimate of drug-likeness (QED) is 0.484. The number of aromatic hydroxyl groups is 1. The number of phenols is 1. The SMILES string of the molecule is O=C1NC(=O)[C@H]2CC=C3[C@@H](C[C@H]4C(=O)NC(=O)[C@H]4[C@H]3c3ccc(O)c4ccccc34)[C@@H]12. The van der Waals surface area contributed by atoms with E-state index in [0.717, 1.165) is 16.5 Å². The van der Waals surface area contributed by atoms with Gasteiger partial charge in [0, 0.05) is 11.3 Å². The molecule has 2 aromatic carbocycles. The van der Waals surface area contributed by atoms with Crippen molar-refractivity contribution < 1.29 is 24.3 Å². The third-order valence-corrected chi connectivity index (χ3v) is 7.60. The van der Waals surface area contributed by atoms with E-state index in [0.29, 0.717) is 18.2 Å². The van der Waals surface area contributed by atoms with E-state index in [1.165, 1.54) is 0 Å². The van der Waals surface area contributed by atoms with Crippen LogP contribution in [-0.4, -0.2) is 28.7 Å². The van der Waals surface area contributed by atoms with Crippen molar-refractivity contribution in [2.75, 3.05) is 0 Å². The van der Waals surface area contributed by atoms with E-state index in [4.69, 9.17) is 0 Å². The van der Waals surface area contributed by atoms with E-state index in [-0.39, 0.29) is 35.3 Å². The Balaban J connectivity index is 1.58. The lowest BCUT2D eigenvalue weighted by Crippen LogP contribution is -2.42. The maximum atomic E-state index is 12.9. The number of fused-ring (bicyclic) bond motifs is 5. The van der Waals surface area contributed by atoms with Crippen molar-refractivity contribution in [2.45, 2.75) is 18.8 Å². The summed E-state index contributed by atoms with van der Waals surface area (Å²) in [5.74, 6) is -3.74. The van der Waals surface area contributed by atoms with Crippen molar-refractivity contribution in [3.63, 3.8) is 0 Å². The van der Waals surface area contributed by atoms with Crippen LogP contribution in [0.3, 0.4) is 0 Å². The van der Waals surface area contributed by atoms with Gasteiger partial charge < -0.3 is 5.11 Å². The van der Waals surface area contributed by atoms with Crippen LogP contribution >= 0.6 is 0 Å². The molecular weight excluding hydrogens is 396 g/mol. The Morgan fingerprint density at radius 3 is 2.19 bits per heavy atom. The molecule has 3 fully saturated rings. The fraction of sp³-hybridized carbons (Fsp3) is 0.333. The average molecular weight is 416 g/mol. The van der Waals surface area contributed by atoms with Crippen molar-refractivity contribution in [1.82, 2.24) is 10.6 Å². The van der Waals surface area contributed by atoms with Gasteiger partial charge in [-0.15, -0.1) is 0 Å². The number of carbonyl (C=O) groups excluding carboxylic acids is 4. The highest BCUT2D eigenvalue weighted by molar-refractivity contribution is 6.08. The maximum Gasteiger partial charge on any atom is 0.231 e. The monoisotopic (exact) mass is 416 g/mol. The summed E-state index contributed by atoms with van der Waals surface area (Å²) < 4.78 is 0. The van der Waals surface area contributed by atoms with Crippen molar-refractivity contribution in [2.24, 2.45) is 29.6 Å². The molecule has 6 atom stereocenters. The molecule has 4 aliphatic rings. The summed E-state index contributed by atoms with van der Waals surface area (Å²) in [4.78, 5) is 50.5. The standard InChI is InChI=1S/C24H20N2O5/c27-17-8-7-12(10-3-1-2-4-11(10)17)18-13-5-6-14-19(23(30)25-21(14)28)15(13)9-16-20(18)24(31)26-22(16)29/h1-5,7-8,14-16,18-20,27H,6,9H2,(H,25,28,30)(H,26,29,31)/t14-,15+,16+,18-,19-,20+/m0/s1. The van der Waals surface area contributed by atoms with Crippen LogP contribution in [0.5, 0.6) is 5.75 Å². The van der Waals surface area contributed by atoms with Crippen LogP contribution in [0.1, 0.15) is 24.3 Å². The lowest BCUT2D eigenvalue weighted by atomic mass is 9.57. The number of benzene rings is 2. The highest BCUT2D eigenvalue weighted by atomic mass is 16.3. The molecule has 0 spiro atoms. The molecule has 2 aliphatic heterocycles. The molecule has 0 bridgehead atoms. The van der Waals surface area contributed by atoms with Gasteiger partial charge in [0.1, 0.15) is 5.75 Å². The Labute approximate surface area is 177 Å². The highest BCUT2D eigenvalue weighted by Gasteiger charge is 2.58. The first-order valence-corrected chi connectivity index (χ1v) is 10.6. The molecule has 3 N–H and O–H groups in total. The Morgan fingerprint density at radius 1 is 0.742 bits per heavy atom. The van der Waals surface area contributed by atoms with Crippen LogP contribution < -0.4 is 10.6 Å². The first kappa shape index (κ1) is 18.3. The summed E-state index contributed by atoms with van der Waals surface area (Å²) in [6.45, 7) is 0. The second kappa shape index (κ2) is 6.26. The van der Waals surface area contributed by atoms with Crippen LogP contribution in [-0.2, 0) is 19.2 Å². The van der Waals surface area contributed by atoms with Gasteiger partial charge in [-0.25, -0.2) is 0 Å². The van der Waals surface area contributed by atoms with Gasteiger partial charge in [-0.1, -0.05) is 42.0 Å². The van der Waals surface area contributed by atoms with Gasteiger partial charge >= 0.3 is 0 Å². The molecule has 4 amide bonds. The number of allylic oxidation sites excluding steroid dienone is 2. The average Bonchev–Trinajstić information content (AvgIpc) is 3.22. The zero-order chi connectivity index (χ0) is 21.4. The first-order chi connectivity index (χ1) is 15.0. The number of carbonyl (C=O) groups is 4. The van der Waals surface area contributed by atoms with E-state index in [2.05, 4.69) is 10.6 Å². The van der Waals surface area contributed by atoms with E-state index >= 15 is 0 Å².